The van der Waals surface area contributed by atoms with Crippen LogP contribution in [0, 0.1) is 34.5 Å². The molecule has 20 heavy (non-hydrogen) atoms. The summed E-state index contributed by atoms with van der Waals surface area (Å²) in [4.78, 5) is 11.7. The summed E-state index contributed by atoms with van der Waals surface area (Å²) in [6, 6.07) is 0. The smallest absolute Gasteiger partial charge is 0.199 e. The zero-order chi connectivity index (χ0) is 13.9. The third-order valence-electron chi connectivity index (χ3n) is 7.07. The second-order valence-electron chi connectivity index (χ2n) is 7.93. The van der Waals surface area contributed by atoms with Crippen molar-refractivity contribution in [1.82, 2.24) is 0 Å². The van der Waals surface area contributed by atoms with E-state index in [1.54, 1.807) is 0 Å². The summed E-state index contributed by atoms with van der Waals surface area (Å²) < 4.78 is 0. The molecule has 0 saturated heterocycles. The lowest BCUT2D eigenvalue weighted by Gasteiger charge is -2.52. The Morgan fingerprint density at radius 3 is 2.95 bits per heavy atom. The van der Waals surface area contributed by atoms with Crippen LogP contribution >= 0.6 is 0 Å². The second-order valence-corrected chi connectivity index (χ2v) is 7.93. The van der Waals surface area contributed by atoms with Gasteiger partial charge in [-0.25, -0.2) is 0 Å². The van der Waals surface area contributed by atoms with Crippen molar-refractivity contribution >= 4 is 11.5 Å². The first-order valence-electron chi connectivity index (χ1n) is 8.41. The topological polar surface area (TPSA) is 40.9 Å². The molecule has 5 atom stereocenters. The third-order valence-corrected chi connectivity index (χ3v) is 7.07. The van der Waals surface area contributed by atoms with E-state index >= 15 is 0 Å². The maximum atomic E-state index is 11.7. The Kier molecular flexibility index (Phi) is 2.74. The number of allylic oxidation sites excluding steroid dienone is 1. The van der Waals surface area contributed by atoms with Gasteiger partial charge in [0.2, 0.25) is 0 Å². The summed E-state index contributed by atoms with van der Waals surface area (Å²) in [6.07, 6.45) is 12.0. The van der Waals surface area contributed by atoms with Crippen molar-refractivity contribution in [3.8, 4) is 0 Å². The summed E-state index contributed by atoms with van der Waals surface area (Å²) in [5.41, 5.74) is 2.36. The van der Waals surface area contributed by atoms with Crippen molar-refractivity contribution in [3.63, 3.8) is 0 Å². The lowest BCUT2D eigenvalue weighted by Crippen LogP contribution is -2.45. The van der Waals surface area contributed by atoms with Crippen molar-refractivity contribution < 1.29 is 6.22 Å². The van der Waals surface area contributed by atoms with E-state index in [0.29, 0.717) is 17.0 Å². The van der Waals surface area contributed by atoms with E-state index in [9.17, 15) is 4.79 Å². The highest BCUT2D eigenvalue weighted by atomic mass is 16.1. The van der Waals surface area contributed by atoms with Gasteiger partial charge in [-0.2, -0.15) is 0 Å². The lowest BCUT2D eigenvalue weighted by atomic mass is 9.52. The van der Waals surface area contributed by atoms with Crippen LogP contribution in [-0.2, 0) is 4.79 Å². The minimum Gasteiger partial charge on any atom is -0.301 e. The van der Waals surface area contributed by atoms with Crippen LogP contribution in [0.4, 0.5) is 0 Å². The summed E-state index contributed by atoms with van der Waals surface area (Å²) in [5, 5.41) is 7.91. The van der Waals surface area contributed by atoms with E-state index in [0.717, 1.165) is 30.6 Å². The molecule has 0 spiro atoms. The van der Waals surface area contributed by atoms with Crippen molar-refractivity contribution in [1.29, 1.82) is 5.41 Å². The van der Waals surface area contributed by atoms with Crippen LogP contribution in [-0.4, -0.2) is 11.5 Å². The van der Waals surface area contributed by atoms with Gasteiger partial charge in [0.25, 0.3) is 0 Å². The standard InChI is InChI=1S/C18H25NO.H2/c1-18-7-2-3-15(18)13-5-4-11-9-17(20)16(19)10-14(11)12(13)6-8-18;/h9,12-15,19H,2-8,10H2,1H3;1H. The molecule has 0 bridgehead atoms. The summed E-state index contributed by atoms with van der Waals surface area (Å²) in [7, 11) is 0. The Morgan fingerprint density at radius 1 is 1.25 bits per heavy atom. The van der Waals surface area contributed by atoms with E-state index in [2.05, 4.69) is 6.92 Å². The molecular formula is C18H27NO. The molecule has 0 aromatic rings. The molecule has 110 valence electrons. The van der Waals surface area contributed by atoms with E-state index in [1.165, 1.54) is 44.1 Å². The molecule has 2 nitrogen and oxygen atoms in total. The molecule has 0 amide bonds. The van der Waals surface area contributed by atoms with Gasteiger partial charge in [0, 0.05) is 1.43 Å². The van der Waals surface area contributed by atoms with Gasteiger partial charge in [-0.3, -0.25) is 4.79 Å². The number of ketones is 1. The van der Waals surface area contributed by atoms with Crippen molar-refractivity contribution in [3.05, 3.63) is 11.6 Å². The fourth-order valence-corrected chi connectivity index (χ4v) is 6.06. The van der Waals surface area contributed by atoms with E-state index in [-0.39, 0.29) is 7.21 Å². The molecule has 2 heteroatoms. The van der Waals surface area contributed by atoms with Gasteiger partial charge in [-0.15, -0.1) is 0 Å². The number of rotatable bonds is 0. The number of carbonyl (C=O) groups is 1. The molecule has 3 fully saturated rings. The number of fused-ring (bicyclic) bond motifs is 5. The van der Waals surface area contributed by atoms with E-state index in [1.807, 2.05) is 6.08 Å². The zero-order valence-electron chi connectivity index (χ0n) is 12.5. The van der Waals surface area contributed by atoms with Crippen molar-refractivity contribution in [2.45, 2.75) is 58.3 Å². The quantitative estimate of drug-likeness (QED) is 0.698. The average molecular weight is 273 g/mol. The highest BCUT2D eigenvalue weighted by Gasteiger charge is 2.52. The molecule has 4 rings (SSSR count). The molecule has 0 aromatic heterocycles. The Hall–Kier alpha value is -0.920. The van der Waals surface area contributed by atoms with Crippen molar-refractivity contribution in [2.75, 3.05) is 0 Å². The van der Waals surface area contributed by atoms with Crippen LogP contribution in [0.25, 0.3) is 0 Å². The summed E-state index contributed by atoms with van der Waals surface area (Å²) in [5.74, 6) is 3.08. The van der Waals surface area contributed by atoms with Gasteiger partial charge in [0.15, 0.2) is 5.78 Å². The maximum Gasteiger partial charge on any atom is 0.199 e. The molecule has 0 heterocycles. The van der Waals surface area contributed by atoms with Gasteiger partial charge < -0.3 is 5.41 Å². The predicted octanol–water partition coefficient (Wildman–Crippen LogP) is 4.39. The molecule has 3 saturated carbocycles. The lowest BCUT2D eigenvalue weighted by molar-refractivity contribution is -0.109. The highest BCUT2D eigenvalue weighted by Crippen LogP contribution is 2.61. The largest absolute Gasteiger partial charge is 0.301 e. The molecule has 0 aromatic carbocycles. The summed E-state index contributed by atoms with van der Waals surface area (Å²) in [6.45, 7) is 2.53. The Labute approximate surface area is 123 Å². The van der Waals surface area contributed by atoms with Crippen molar-refractivity contribution in [2.24, 2.45) is 29.1 Å². The molecule has 0 radical (unpaired) electrons. The van der Waals surface area contributed by atoms with Gasteiger partial charge in [0.1, 0.15) is 0 Å². The number of hydrogen-bond donors (Lipinski definition) is 1. The number of carbonyl (C=O) groups excluding carboxylic acids is 1. The molecule has 1 N–H and O–H groups in total. The zero-order valence-corrected chi connectivity index (χ0v) is 12.5. The van der Waals surface area contributed by atoms with Crippen LogP contribution in [0.3, 0.4) is 0 Å². The minimum absolute atomic E-state index is 0. The first kappa shape index (κ1) is 12.8. The Bertz CT molecular complexity index is 511. The first-order valence-corrected chi connectivity index (χ1v) is 8.41. The molecule has 4 aliphatic carbocycles. The number of nitrogens with one attached hydrogen (secondary N) is 1. The maximum absolute atomic E-state index is 11.7. The monoisotopic (exact) mass is 273 g/mol. The SMILES string of the molecule is CC12CCCC1C1CCC3=CC(=O)C(=N)CC3C1CC2.[HH]. The van der Waals surface area contributed by atoms with Gasteiger partial charge in [-0.05, 0) is 80.1 Å². The predicted molar refractivity (Wildman–Crippen MR) is 81.9 cm³/mol. The fraction of sp³-hybridized carbons (Fsp3) is 0.778. The highest BCUT2D eigenvalue weighted by molar-refractivity contribution is 6.43. The fourth-order valence-electron chi connectivity index (χ4n) is 6.06. The van der Waals surface area contributed by atoms with Gasteiger partial charge in [0.05, 0.1) is 5.71 Å². The molecular weight excluding hydrogens is 246 g/mol. The van der Waals surface area contributed by atoms with Crippen LogP contribution in [0.2, 0.25) is 0 Å². The van der Waals surface area contributed by atoms with E-state index < -0.39 is 0 Å². The normalized spacial score (nSPS) is 47.4. The molecule has 5 unspecified atom stereocenters. The van der Waals surface area contributed by atoms with Crippen LogP contribution < -0.4 is 0 Å². The first-order chi connectivity index (χ1) is 9.58. The molecule has 0 aliphatic heterocycles. The van der Waals surface area contributed by atoms with Crippen LogP contribution in [0.5, 0.6) is 0 Å². The van der Waals surface area contributed by atoms with Gasteiger partial charge in [-0.1, -0.05) is 18.9 Å². The Balaban J connectivity index is 0.00000132. The van der Waals surface area contributed by atoms with Crippen LogP contribution in [0.15, 0.2) is 11.6 Å². The average Bonchev–Trinajstić information content (AvgIpc) is 2.82. The summed E-state index contributed by atoms with van der Waals surface area (Å²) >= 11 is 0. The number of hydrogen-bond acceptors (Lipinski definition) is 2. The van der Waals surface area contributed by atoms with Gasteiger partial charge >= 0.3 is 0 Å². The third kappa shape index (κ3) is 1.69. The van der Waals surface area contributed by atoms with E-state index in [4.69, 9.17) is 5.41 Å². The Morgan fingerprint density at radius 2 is 2.10 bits per heavy atom. The second kappa shape index (κ2) is 4.29. The van der Waals surface area contributed by atoms with Crippen LogP contribution in [0.1, 0.15) is 59.7 Å². The molecule has 4 aliphatic rings. The minimum atomic E-state index is -0.0174.